The van der Waals surface area contributed by atoms with Crippen molar-refractivity contribution in [3.8, 4) is 0 Å². The van der Waals surface area contributed by atoms with Crippen LogP contribution in [0.2, 0.25) is 5.02 Å². The number of nitrogen functional groups attached to an aromatic ring is 1. The van der Waals surface area contributed by atoms with Crippen LogP contribution in [-0.2, 0) is 9.53 Å². The lowest BCUT2D eigenvalue weighted by molar-refractivity contribution is -0.129. The molecule has 18 heavy (non-hydrogen) atoms. The van der Waals surface area contributed by atoms with Crippen molar-refractivity contribution in [2.75, 3.05) is 11.1 Å². The third-order valence-electron chi connectivity index (χ3n) is 2.64. The average molecular weight is 271 g/mol. The first-order chi connectivity index (χ1) is 8.43. The fourth-order valence-electron chi connectivity index (χ4n) is 1.37. The van der Waals surface area contributed by atoms with E-state index in [9.17, 15) is 4.79 Å². The van der Waals surface area contributed by atoms with Gasteiger partial charge in [-0.25, -0.2) is 0 Å². The monoisotopic (exact) mass is 270 g/mol. The van der Waals surface area contributed by atoms with Gasteiger partial charge < -0.3 is 15.8 Å². The quantitative estimate of drug-likeness (QED) is 0.808. The van der Waals surface area contributed by atoms with Crippen molar-refractivity contribution in [3.63, 3.8) is 0 Å². The average Bonchev–Trinajstić information content (AvgIpc) is 2.33. The molecule has 3 N–H and O–H groups in total. The molecule has 2 unspecified atom stereocenters. The number of hydrogen-bond donors (Lipinski definition) is 2. The Balaban J connectivity index is 2.61. The first kappa shape index (κ1) is 14.8. The highest BCUT2D eigenvalue weighted by molar-refractivity contribution is 6.33. The molecule has 0 fully saturated rings. The van der Waals surface area contributed by atoms with E-state index in [1.54, 1.807) is 25.1 Å². The number of anilines is 2. The van der Waals surface area contributed by atoms with Gasteiger partial charge >= 0.3 is 0 Å². The van der Waals surface area contributed by atoms with Crippen molar-refractivity contribution in [2.24, 2.45) is 0 Å². The van der Waals surface area contributed by atoms with Crippen LogP contribution in [0, 0.1) is 0 Å². The van der Waals surface area contributed by atoms with Gasteiger partial charge in [0.2, 0.25) is 0 Å². The number of carbonyl (C=O) groups is 1. The second-order valence-electron chi connectivity index (χ2n) is 4.22. The first-order valence-electron chi connectivity index (χ1n) is 5.95. The largest absolute Gasteiger partial charge is 0.397 e. The SMILES string of the molecule is CCC(C)OC(C)C(=O)Nc1ccc(Cl)c(N)c1. The van der Waals surface area contributed by atoms with E-state index in [1.807, 2.05) is 13.8 Å². The zero-order valence-corrected chi connectivity index (χ0v) is 11.6. The van der Waals surface area contributed by atoms with Gasteiger partial charge in [0, 0.05) is 5.69 Å². The number of rotatable bonds is 5. The summed E-state index contributed by atoms with van der Waals surface area (Å²) < 4.78 is 5.52. The van der Waals surface area contributed by atoms with Crippen molar-refractivity contribution in [3.05, 3.63) is 23.2 Å². The minimum absolute atomic E-state index is 0.0565. The Hall–Kier alpha value is -1.26. The van der Waals surface area contributed by atoms with Crippen molar-refractivity contribution >= 4 is 28.9 Å². The first-order valence-corrected chi connectivity index (χ1v) is 6.33. The van der Waals surface area contributed by atoms with Gasteiger partial charge in [0.25, 0.3) is 5.91 Å². The van der Waals surface area contributed by atoms with Gasteiger partial charge in [-0.2, -0.15) is 0 Å². The summed E-state index contributed by atoms with van der Waals surface area (Å²) in [6, 6.07) is 4.97. The second kappa shape index (κ2) is 6.61. The maximum absolute atomic E-state index is 11.9. The molecule has 0 saturated carbocycles. The number of benzene rings is 1. The fraction of sp³-hybridized carbons (Fsp3) is 0.462. The molecule has 0 radical (unpaired) electrons. The molecule has 1 aromatic rings. The molecular weight excluding hydrogens is 252 g/mol. The molecule has 0 heterocycles. The highest BCUT2D eigenvalue weighted by atomic mass is 35.5. The Morgan fingerprint density at radius 2 is 2.17 bits per heavy atom. The van der Waals surface area contributed by atoms with Gasteiger partial charge in [0.1, 0.15) is 6.10 Å². The van der Waals surface area contributed by atoms with Gasteiger partial charge in [0.05, 0.1) is 16.8 Å². The number of hydrogen-bond acceptors (Lipinski definition) is 3. The lowest BCUT2D eigenvalue weighted by atomic mass is 10.2. The predicted octanol–water partition coefficient (Wildman–Crippen LogP) is 3.06. The number of nitrogens with two attached hydrogens (primary N) is 1. The fourth-order valence-corrected chi connectivity index (χ4v) is 1.49. The molecule has 0 aliphatic carbocycles. The van der Waals surface area contributed by atoms with Crippen LogP contribution in [0.15, 0.2) is 18.2 Å². The zero-order chi connectivity index (χ0) is 13.7. The summed E-state index contributed by atoms with van der Waals surface area (Å²) in [6.07, 6.45) is 0.420. The smallest absolute Gasteiger partial charge is 0.253 e. The zero-order valence-electron chi connectivity index (χ0n) is 10.9. The molecule has 1 rings (SSSR count). The van der Waals surface area contributed by atoms with Crippen LogP contribution in [0.1, 0.15) is 27.2 Å². The summed E-state index contributed by atoms with van der Waals surface area (Å²) >= 11 is 5.80. The van der Waals surface area contributed by atoms with Gasteiger partial charge in [-0.3, -0.25) is 4.79 Å². The molecule has 0 aliphatic heterocycles. The Kier molecular flexibility index (Phi) is 5.44. The highest BCUT2D eigenvalue weighted by Crippen LogP contribution is 2.22. The highest BCUT2D eigenvalue weighted by Gasteiger charge is 2.16. The summed E-state index contributed by atoms with van der Waals surface area (Å²) in [5, 5.41) is 3.21. The second-order valence-corrected chi connectivity index (χ2v) is 4.63. The molecule has 2 atom stereocenters. The van der Waals surface area contributed by atoms with E-state index in [-0.39, 0.29) is 12.0 Å². The van der Waals surface area contributed by atoms with E-state index in [4.69, 9.17) is 22.1 Å². The summed E-state index contributed by atoms with van der Waals surface area (Å²) in [7, 11) is 0. The third kappa shape index (κ3) is 4.20. The van der Waals surface area contributed by atoms with Crippen molar-refractivity contribution in [1.29, 1.82) is 0 Å². The molecule has 5 heteroatoms. The van der Waals surface area contributed by atoms with Crippen LogP contribution in [0.25, 0.3) is 0 Å². The minimum atomic E-state index is -0.503. The van der Waals surface area contributed by atoms with Crippen LogP contribution < -0.4 is 11.1 Å². The minimum Gasteiger partial charge on any atom is -0.397 e. The lowest BCUT2D eigenvalue weighted by Gasteiger charge is -2.17. The van der Waals surface area contributed by atoms with Crippen LogP contribution >= 0.6 is 11.6 Å². The molecule has 0 bridgehead atoms. The lowest BCUT2D eigenvalue weighted by Crippen LogP contribution is -2.30. The van der Waals surface area contributed by atoms with E-state index in [1.165, 1.54) is 0 Å². The normalized spacial score (nSPS) is 14.0. The van der Waals surface area contributed by atoms with Crippen LogP contribution in [0.4, 0.5) is 11.4 Å². The standard InChI is InChI=1S/C13H19ClN2O2/c1-4-8(2)18-9(3)13(17)16-10-5-6-11(14)12(15)7-10/h5-9H,4,15H2,1-3H3,(H,16,17). The Morgan fingerprint density at radius 3 is 2.72 bits per heavy atom. The van der Waals surface area contributed by atoms with E-state index in [0.29, 0.717) is 16.4 Å². The van der Waals surface area contributed by atoms with E-state index in [2.05, 4.69) is 5.32 Å². The van der Waals surface area contributed by atoms with E-state index >= 15 is 0 Å². The van der Waals surface area contributed by atoms with Gasteiger partial charge in [-0.05, 0) is 38.5 Å². The number of halogens is 1. The summed E-state index contributed by atoms with van der Waals surface area (Å²) in [5.41, 5.74) is 6.71. The predicted molar refractivity (Wildman–Crippen MR) is 74.8 cm³/mol. The molecule has 0 saturated heterocycles. The Labute approximate surface area is 112 Å². The Morgan fingerprint density at radius 1 is 1.50 bits per heavy atom. The maximum atomic E-state index is 11.9. The summed E-state index contributed by atoms with van der Waals surface area (Å²) in [5.74, 6) is -0.197. The maximum Gasteiger partial charge on any atom is 0.253 e. The molecule has 1 aromatic carbocycles. The number of carbonyl (C=O) groups excluding carboxylic acids is 1. The van der Waals surface area contributed by atoms with Crippen molar-refractivity contribution < 1.29 is 9.53 Å². The summed E-state index contributed by atoms with van der Waals surface area (Å²) in [4.78, 5) is 11.9. The Bertz CT molecular complexity index is 423. The van der Waals surface area contributed by atoms with Gasteiger partial charge in [-0.1, -0.05) is 18.5 Å². The van der Waals surface area contributed by atoms with E-state index in [0.717, 1.165) is 6.42 Å². The number of amides is 1. The van der Waals surface area contributed by atoms with E-state index < -0.39 is 6.10 Å². The van der Waals surface area contributed by atoms with Gasteiger partial charge in [-0.15, -0.1) is 0 Å². The molecule has 0 aromatic heterocycles. The molecule has 0 aliphatic rings. The van der Waals surface area contributed by atoms with Crippen LogP contribution in [0.5, 0.6) is 0 Å². The third-order valence-corrected chi connectivity index (χ3v) is 2.99. The molecular formula is C13H19ClN2O2. The number of ether oxygens (including phenoxy) is 1. The number of nitrogens with one attached hydrogen (secondary N) is 1. The van der Waals surface area contributed by atoms with Gasteiger partial charge in [0.15, 0.2) is 0 Å². The van der Waals surface area contributed by atoms with Crippen LogP contribution in [0.3, 0.4) is 0 Å². The van der Waals surface area contributed by atoms with Crippen molar-refractivity contribution in [2.45, 2.75) is 39.4 Å². The van der Waals surface area contributed by atoms with Crippen LogP contribution in [-0.4, -0.2) is 18.1 Å². The molecule has 100 valence electrons. The topological polar surface area (TPSA) is 64.3 Å². The molecule has 1 amide bonds. The molecule has 0 spiro atoms. The van der Waals surface area contributed by atoms with Crippen molar-refractivity contribution in [1.82, 2.24) is 0 Å². The summed E-state index contributed by atoms with van der Waals surface area (Å²) in [6.45, 7) is 5.67. The molecule has 4 nitrogen and oxygen atoms in total.